The smallest absolute Gasteiger partial charge is 0.248 e. The van der Waals surface area contributed by atoms with Gasteiger partial charge in [-0.1, -0.05) is 50.6 Å². The third-order valence-electron chi connectivity index (χ3n) is 4.46. The lowest BCUT2D eigenvalue weighted by Crippen LogP contribution is -2.47. The maximum absolute atomic E-state index is 12.9. The van der Waals surface area contributed by atoms with Crippen molar-refractivity contribution in [2.24, 2.45) is 0 Å². The molecule has 0 fully saturated rings. The number of aryl methyl sites for hydroxylation is 1. The van der Waals surface area contributed by atoms with Crippen molar-refractivity contribution in [2.45, 2.75) is 46.1 Å². The molecule has 5 nitrogen and oxygen atoms in total. The lowest BCUT2D eigenvalue weighted by Gasteiger charge is -2.30. The van der Waals surface area contributed by atoms with Crippen LogP contribution >= 0.6 is 0 Å². The highest BCUT2D eigenvalue weighted by Crippen LogP contribution is 2.24. The summed E-state index contributed by atoms with van der Waals surface area (Å²) in [6.45, 7) is 7.94. The van der Waals surface area contributed by atoms with E-state index in [0.29, 0.717) is 23.7 Å². The van der Waals surface area contributed by atoms with Gasteiger partial charge in [-0.15, -0.1) is 0 Å². The summed E-state index contributed by atoms with van der Waals surface area (Å²) in [5, 5.41) is 2.85. The highest BCUT2D eigenvalue weighted by molar-refractivity contribution is 7.92. The second-order valence-corrected chi connectivity index (χ2v) is 8.94. The summed E-state index contributed by atoms with van der Waals surface area (Å²) in [4.78, 5) is 12.9. The zero-order chi connectivity index (χ0) is 20.2. The zero-order valence-corrected chi connectivity index (χ0v) is 17.4. The van der Waals surface area contributed by atoms with Crippen LogP contribution in [0.25, 0.3) is 0 Å². The summed E-state index contributed by atoms with van der Waals surface area (Å²) < 4.78 is 26.1. The van der Waals surface area contributed by atoms with Gasteiger partial charge in [0.1, 0.15) is 6.04 Å². The van der Waals surface area contributed by atoms with E-state index < -0.39 is 16.1 Å². The van der Waals surface area contributed by atoms with Gasteiger partial charge < -0.3 is 5.32 Å². The molecule has 0 aliphatic rings. The third kappa shape index (κ3) is 5.32. The molecule has 0 aliphatic carbocycles. The van der Waals surface area contributed by atoms with Gasteiger partial charge in [-0.25, -0.2) is 8.42 Å². The zero-order valence-electron chi connectivity index (χ0n) is 16.6. The quantitative estimate of drug-likeness (QED) is 0.769. The molecule has 27 heavy (non-hydrogen) atoms. The lowest BCUT2D eigenvalue weighted by atomic mass is 10.0. The van der Waals surface area contributed by atoms with Crippen molar-refractivity contribution < 1.29 is 13.2 Å². The molecule has 0 radical (unpaired) electrons. The minimum atomic E-state index is -3.62. The molecule has 6 heteroatoms. The summed E-state index contributed by atoms with van der Waals surface area (Å²) >= 11 is 0. The largest absolute Gasteiger partial charge is 0.324 e. The van der Waals surface area contributed by atoms with Crippen molar-refractivity contribution in [3.05, 3.63) is 59.7 Å². The van der Waals surface area contributed by atoms with E-state index in [9.17, 15) is 13.2 Å². The third-order valence-corrected chi connectivity index (χ3v) is 5.64. The molecule has 2 rings (SSSR count). The first kappa shape index (κ1) is 21.0. The highest BCUT2D eigenvalue weighted by Gasteiger charge is 2.31. The Bertz CT molecular complexity index is 873. The van der Waals surface area contributed by atoms with Crippen LogP contribution < -0.4 is 9.62 Å². The Hall–Kier alpha value is -2.34. The number of anilines is 2. The predicted octanol–water partition coefficient (Wildman–Crippen LogP) is 4.30. The van der Waals surface area contributed by atoms with E-state index in [1.165, 1.54) is 9.87 Å². The van der Waals surface area contributed by atoms with Gasteiger partial charge in [-0.2, -0.15) is 0 Å². The number of carbonyl (C=O) groups excluding carboxylic acids is 1. The molecule has 1 unspecified atom stereocenters. The molecule has 2 aromatic rings. The van der Waals surface area contributed by atoms with E-state index in [4.69, 9.17) is 0 Å². The van der Waals surface area contributed by atoms with Gasteiger partial charge in [0.25, 0.3) is 0 Å². The molecule has 0 saturated carbocycles. The van der Waals surface area contributed by atoms with Gasteiger partial charge in [-0.05, 0) is 49.1 Å². The first-order valence-corrected chi connectivity index (χ1v) is 10.9. The van der Waals surface area contributed by atoms with Crippen molar-refractivity contribution in [3.63, 3.8) is 0 Å². The summed E-state index contributed by atoms with van der Waals surface area (Å²) in [6.07, 6.45) is 1.48. The maximum Gasteiger partial charge on any atom is 0.248 e. The first-order chi connectivity index (χ1) is 12.6. The predicted molar refractivity (Wildman–Crippen MR) is 112 cm³/mol. The van der Waals surface area contributed by atoms with Gasteiger partial charge in [0, 0.05) is 5.69 Å². The summed E-state index contributed by atoms with van der Waals surface area (Å²) in [7, 11) is -3.62. The van der Waals surface area contributed by atoms with Crippen LogP contribution in [0.1, 0.15) is 44.2 Å². The maximum atomic E-state index is 12.9. The molecule has 0 saturated heterocycles. The van der Waals surface area contributed by atoms with Crippen LogP contribution in [-0.2, 0) is 14.8 Å². The van der Waals surface area contributed by atoms with Crippen molar-refractivity contribution in [1.82, 2.24) is 0 Å². The monoisotopic (exact) mass is 388 g/mol. The van der Waals surface area contributed by atoms with Crippen LogP contribution in [0.2, 0.25) is 0 Å². The Kier molecular flexibility index (Phi) is 6.65. The van der Waals surface area contributed by atoms with E-state index in [1.807, 2.05) is 43.3 Å². The van der Waals surface area contributed by atoms with Crippen LogP contribution in [0.5, 0.6) is 0 Å². The number of benzene rings is 2. The normalized spacial score (nSPS) is 12.7. The lowest BCUT2D eigenvalue weighted by molar-refractivity contribution is -0.117. The number of amides is 1. The van der Waals surface area contributed by atoms with E-state index >= 15 is 0 Å². The highest BCUT2D eigenvalue weighted by atomic mass is 32.2. The van der Waals surface area contributed by atoms with Crippen molar-refractivity contribution in [2.75, 3.05) is 15.9 Å². The van der Waals surface area contributed by atoms with Crippen molar-refractivity contribution >= 4 is 27.3 Å². The molecule has 0 spiro atoms. The molecule has 2 aromatic carbocycles. The van der Waals surface area contributed by atoms with E-state index in [0.717, 1.165) is 11.8 Å². The standard InChI is InChI=1S/C21H28N2O3S/c1-6-20(21(24)22-18-11-9-17(10-12-18)15(2)3)23(27(5,25)26)19-13-7-16(4)8-14-19/h7-15,20H,6H2,1-5H3,(H,22,24). The number of nitrogens with zero attached hydrogens (tertiary/aromatic N) is 1. The fourth-order valence-corrected chi connectivity index (χ4v) is 4.14. The Labute approximate surface area is 162 Å². The van der Waals surface area contributed by atoms with Gasteiger partial charge in [0.05, 0.1) is 11.9 Å². The van der Waals surface area contributed by atoms with Gasteiger partial charge in [0.2, 0.25) is 15.9 Å². The fraction of sp³-hybridized carbons (Fsp3) is 0.381. The Morgan fingerprint density at radius 2 is 1.59 bits per heavy atom. The Morgan fingerprint density at radius 3 is 2.04 bits per heavy atom. The summed E-state index contributed by atoms with van der Waals surface area (Å²) in [5.74, 6) is 0.0567. The molecule has 0 aromatic heterocycles. The summed E-state index contributed by atoms with van der Waals surface area (Å²) in [5.41, 5.74) is 3.34. The van der Waals surface area contributed by atoms with Gasteiger partial charge >= 0.3 is 0 Å². The van der Waals surface area contributed by atoms with E-state index in [-0.39, 0.29) is 5.91 Å². The Balaban J connectivity index is 2.30. The van der Waals surface area contributed by atoms with Gasteiger partial charge in [0.15, 0.2) is 0 Å². The van der Waals surface area contributed by atoms with E-state index in [1.54, 1.807) is 19.1 Å². The second-order valence-electron chi connectivity index (χ2n) is 7.08. The van der Waals surface area contributed by atoms with Gasteiger partial charge in [-0.3, -0.25) is 9.10 Å². The number of sulfonamides is 1. The topological polar surface area (TPSA) is 66.5 Å². The van der Waals surface area contributed by atoms with Crippen LogP contribution in [-0.4, -0.2) is 26.6 Å². The first-order valence-electron chi connectivity index (χ1n) is 9.10. The van der Waals surface area contributed by atoms with Crippen molar-refractivity contribution in [1.29, 1.82) is 0 Å². The van der Waals surface area contributed by atoms with E-state index in [2.05, 4.69) is 19.2 Å². The van der Waals surface area contributed by atoms with Crippen LogP contribution in [0.15, 0.2) is 48.5 Å². The molecule has 0 heterocycles. The second kappa shape index (κ2) is 8.57. The van der Waals surface area contributed by atoms with Crippen LogP contribution in [0, 0.1) is 6.92 Å². The number of hydrogen-bond donors (Lipinski definition) is 1. The molecular weight excluding hydrogens is 360 g/mol. The van der Waals surface area contributed by atoms with Crippen LogP contribution in [0.3, 0.4) is 0 Å². The molecule has 1 amide bonds. The van der Waals surface area contributed by atoms with Crippen LogP contribution in [0.4, 0.5) is 11.4 Å². The molecule has 1 atom stereocenters. The summed E-state index contributed by atoms with van der Waals surface area (Å²) in [6, 6.07) is 13.9. The van der Waals surface area contributed by atoms with Crippen molar-refractivity contribution in [3.8, 4) is 0 Å². The Morgan fingerprint density at radius 1 is 1.04 bits per heavy atom. The average Bonchev–Trinajstić information content (AvgIpc) is 2.60. The molecule has 0 bridgehead atoms. The molecule has 146 valence electrons. The molecular formula is C21H28N2O3S. The minimum absolute atomic E-state index is 0.346. The molecule has 0 aliphatic heterocycles. The number of hydrogen-bond acceptors (Lipinski definition) is 3. The SMILES string of the molecule is CCC(C(=O)Nc1ccc(C(C)C)cc1)N(c1ccc(C)cc1)S(C)(=O)=O. The number of carbonyl (C=O) groups is 1. The minimum Gasteiger partial charge on any atom is -0.324 e. The average molecular weight is 389 g/mol. The fourth-order valence-electron chi connectivity index (χ4n) is 2.93. The number of rotatable bonds is 7. The number of nitrogens with one attached hydrogen (secondary N) is 1. The molecule has 1 N–H and O–H groups in total.